The van der Waals surface area contributed by atoms with Gasteiger partial charge in [0.25, 0.3) is 0 Å². The molecule has 0 unspecified atom stereocenters. The zero-order chi connectivity index (χ0) is 20.3. The maximum absolute atomic E-state index is 14.2. The highest BCUT2D eigenvalue weighted by molar-refractivity contribution is 5.94. The summed E-state index contributed by atoms with van der Waals surface area (Å²) in [5.74, 6) is 1.50. The number of carbonyl (C=O) groups excluding carboxylic acids is 1. The molecule has 2 spiro atoms. The Labute approximate surface area is 176 Å². The van der Waals surface area contributed by atoms with E-state index in [1.807, 2.05) is 0 Å². The summed E-state index contributed by atoms with van der Waals surface area (Å²) in [4.78, 5) is 16.7. The Morgan fingerprint density at radius 1 is 1.10 bits per heavy atom. The monoisotopic (exact) mass is 401 g/mol. The average molecular weight is 402 g/mol. The SMILES string of the molecule is CN1CC[C@]23c4c5ccc(O)c4O[C@H]2C(=O)[C@]2(CCc4ccccc4C2)C[C@H]3[C@@H]1C5. The Morgan fingerprint density at radius 3 is 2.80 bits per heavy atom. The number of benzene rings is 2. The minimum absolute atomic E-state index is 0.199. The fraction of sp³-hybridized carbons (Fsp3) is 0.500. The van der Waals surface area contributed by atoms with Crippen LogP contribution in [0.5, 0.6) is 11.5 Å². The van der Waals surface area contributed by atoms with Crippen LogP contribution in [-0.2, 0) is 29.5 Å². The van der Waals surface area contributed by atoms with Gasteiger partial charge in [-0.3, -0.25) is 4.79 Å². The molecule has 2 aromatic rings. The summed E-state index contributed by atoms with van der Waals surface area (Å²) in [6, 6.07) is 12.9. The lowest BCUT2D eigenvalue weighted by molar-refractivity contribution is -0.156. The molecule has 0 radical (unpaired) electrons. The van der Waals surface area contributed by atoms with Crippen molar-refractivity contribution in [3.05, 3.63) is 58.7 Å². The van der Waals surface area contributed by atoms with Crippen molar-refractivity contribution in [1.82, 2.24) is 4.90 Å². The van der Waals surface area contributed by atoms with Gasteiger partial charge in [-0.15, -0.1) is 0 Å². The average Bonchev–Trinajstić information content (AvgIpc) is 3.11. The molecular formula is C26H27NO3. The van der Waals surface area contributed by atoms with Crippen LogP contribution in [0.25, 0.3) is 0 Å². The van der Waals surface area contributed by atoms with Crippen LogP contribution in [0.4, 0.5) is 0 Å². The molecular weight excluding hydrogens is 374 g/mol. The lowest BCUT2D eigenvalue weighted by Gasteiger charge is -2.61. The van der Waals surface area contributed by atoms with Crippen LogP contribution >= 0.6 is 0 Å². The molecule has 5 aliphatic rings. The Balaban J connectivity index is 1.42. The number of nitrogens with zero attached hydrogens (tertiary/aromatic N) is 1. The predicted octanol–water partition coefficient (Wildman–Crippen LogP) is 3.42. The highest BCUT2D eigenvalue weighted by atomic mass is 16.5. The van der Waals surface area contributed by atoms with Crippen molar-refractivity contribution in [1.29, 1.82) is 0 Å². The van der Waals surface area contributed by atoms with Gasteiger partial charge in [0.2, 0.25) is 0 Å². The number of hydrogen-bond acceptors (Lipinski definition) is 4. The number of piperidine rings is 1. The van der Waals surface area contributed by atoms with Crippen molar-refractivity contribution in [2.24, 2.45) is 11.3 Å². The summed E-state index contributed by atoms with van der Waals surface area (Å²) < 4.78 is 6.45. The second-order valence-electron chi connectivity index (χ2n) is 10.4. The first kappa shape index (κ1) is 17.4. The number of ether oxygens (including phenoxy) is 1. The van der Waals surface area contributed by atoms with E-state index < -0.39 is 6.10 Å². The zero-order valence-electron chi connectivity index (χ0n) is 17.4. The van der Waals surface area contributed by atoms with E-state index in [1.54, 1.807) is 6.07 Å². The van der Waals surface area contributed by atoms with Gasteiger partial charge in [-0.1, -0.05) is 30.3 Å². The maximum atomic E-state index is 14.2. The van der Waals surface area contributed by atoms with Gasteiger partial charge in [-0.05, 0) is 80.8 Å². The first-order valence-electron chi connectivity index (χ1n) is 11.4. The van der Waals surface area contributed by atoms with Crippen LogP contribution in [-0.4, -0.2) is 41.5 Å². The third-order valence-electron chi connectivity index (χ3n) is 9.28. The molecule has 4 heteroatoms. The van der Waals surface area contributed by atoms with E-state index in [1.165, 1.54) is 22.3 Å². The summed E-state index contributed by atoms with van der Waals surface area (Å²) in [5, 5.41) is 10.6. The lowest BCUT2D eigenvalue weighted by atomic mass is 9.45. The number of aryl methyl sites for hydroxylation is 1. The number of aromatic hydroxyl groups is 1. The van der Waals surface area contributed by atoms with Gasteiger partial charge in [0.15, 0.2) is 23.4 Å². The Kier molecular flexibility index (Phi) is 3.17. The summed E-state index contributed by atoms with van der Waals surface area (Å²) in [6.07, 6.45) is 5.16. The number of hydrogen-bond donors (Lipinski definition) is 1. The molecule has 3 aliphatic carbocycles. The second kappa shape index (κ2) is 5.47. The molecule has 1 saturated heterocycles. The van der Waals surface area contributed by atoms with Crippen molar-refractivity contribution < 1.29 is 14.6 Å². The van der Waals surface area contributed by atoms with Crippen molar-refractivity contribution in [3.8, 4) is 11.5 Å². The van der Waals surface area contributed by atoms with Crippen LogP contribution in [0.2, 0.25) is 0 Å². The number of rotatable bonds is 0. The number of fused-ring (bicyclic) bond motifs is 1. The molecule has 0 amide bonds. The molecule has 2 heterocycles. The lowest BCUT2D eigenvalue weighted by Crippen LogP contribution is -2.69. The van der Waals surface area contributed by atoms with Gasteiger partial charge in [0.1, 0.15) is 0 Å². The first-order valence-corrected chi connectivity index (χ1v) is 11.4. The van der Waals surface area contributed by atoms with Gasteiger partial charge in [-0.2, -0.15) is 0 Å². The minimum atomic E-state index is -0.444. The molecule has 154 valence electrons. The van der Waals surface area contributed by atoms with Crippen LogP contribution in [0, 0.1) is 11.3 Å². The number of carbonyl (C=O) groups is 1. The molecule has 7 rings (SSSR count). The molecule has 30 heavy (non-hydrogen) atoms. The van der Waals surface area contributed by atoms with E-state index in [0.29, 0.717) is 23.5 Å². The van der Waals surface area contributed by atoms with Crippen molar-refractivity contribution in [2.45, 2.75) is 56.1 Å². The first-order chi connectivity index (χ1) is 14.5. The number of phenolic OH excluding ortho intramolecular Hbond substituents is 1. The fourth-order valence-corrected chi connectivity index (χ4v) is 7.88. The van der Waals surface area contributed by atoms with E-state index in [2.05, 4.69) is 42.3 Å². The molecule has 2 aliphatic heterocycles. The molecule has 1 saturated carbocycles. The van der Waals surface area contributed by atoms with Crippen LogP contribution in [0.1, 0.15) is 41.5 Å². The summed E-state index contributed by atoms with van der Waals surface area (Å²) in [6.45, 7) is 0.985. The standard InChI is InChI=1S/C26H27NO3/c1-27-11-10-26-18-14-25(9-8-15-4-2-3-5-17(15)13-25)23(29)24(26)30-22-20(28)7-6-16(21(22)26)12-19(18)27/h2-7,18-19,24,28H,8-14H2,1H3/t18-,19-,24-,25-,26-/m0/s1. The van der Waals surface area contributed by atoms with E-state index in [0.717, 1.165) is 45.1 Å². The van der Waals surface area contributed by atoms with E-state index >= 15 is 0 Å². The molecule has 4 nitrogen and oxygen atoms in total. The smallest absolute Gasteiger partial charge is 0.180 e. The fourth-order valence-electron chi connectivity index (χ4n) is 7.88. The number of ketones is 1. The van der Waals surface area contributed by atoms with Gasteiger partial charge in [0.05, 0.1) is 0 Å². The second-order valence-corrected chi connectivity index (χ2v) is 10.4. The normalized spacial score (nSPS) is 38.2. The van der Waals surface area contributed by atoms with E-state index in [9.17, 15) is 9.90 Å². The molecule has 2 fully saturated rings. The van der Waals surface area contributed by atoms with Crippen LogP contribution in [0.3, 0.4) is 0 Å². The molecule has 5 atom stereocenters. The summed E-state index contributed by atoms with van der Waals surface area (Å²) in [7, 11) is 2.24. The quantitative estimate of drug-likeness (QED) is 0.735. The van der Waals surface area contributed by atoms with Gasteiger partial charge >= 0.3 is 0 Å². The molecule has 2 aromatic carbocycles. The van der Waals surface area contributed by atoms with Gasteiger partial charge < -0.3 is 14.7 Å². The van der Waals surface area contributed by atoms with Gasteiger partial charge in [0, 0.05) is 22.4 Å². The highest BCUT2D eigenvalue weighted by Crippen LogP contribution is 2.66. The Morgan fingerprint density at radius 2 is 1.93 bits per heavy atom. The Bertz CT molecular complexity index is 1110. The molecule has 0 aromatic heterocycles. The van der Waals surface area contributed by atoms with Crippen molar-refractivity contribution >= 4 is 5.78 Å². The molecule has 1 N–H and O–H groups in total. The number of likely N-dealkylation sites (tertiary alicyclic amines) is 1. The zero-order valence-corrected chi connectivity index (χ0v) is 17.4. The highest BCUT2D eigenvalue weighted by Gasteiger charge is 2.70. The summed E-state index contributed by atoms with van der Waals surface area (Å²) in [5.41, 5.74) is 4.59. The van der Waals surface area contributed by atoms with Gasteiger partial charge in [-0.25, -0.2) is 0 Å². The summed E-state index contributed by atoms with van der Waals surface area (Å²) >= 11 is 0. The number of likely N-dealkylation sites (N-methyl/N-ethyl adjacent to an activating group) is 1. The minimum Gasteiger partial charge on any atom is -0.504 e. The van der Waals surface area contributed by atoms with Crippen molar-refractivity contribution in [2.75, 3.05) is 13.6 Å². The van der Waals surface area contributed by atoms with Crippen molar-refractivity contribution in [3.63, 3.8) is 0 Å². The topological polar surface area (TPSA) is 49.8 Å². The van der Waals surface area contributed by atoms with E-state index in [-0.39, 0.29) is 16.6 Å². The third kappa shape index (κ3) is 1.86. The Hall–Kier alpha value is -2.33. The van der Waals surface area contributed by atoms with Crippen LogP contribution in [0.15, 0.2) is 36.4 Å². The third-order valence-corrected chi connectivity index (χ3v) is 9.28. The largest absolute Gasteiger partial charge is 0.504 e. The number of phenols is 1. The number of Topliss-reactive ketones (excluding diaryl/α,β-unsaturated/α-hetero) is 1. The maximum Gasteiger partial charge on any atom is 0.180 e. The molecule has 2 bridgehead atoms. The predicted molar refractivity (Wildman–Crippen MR) is 113 cm³/mol. The van der Waals surface area contributed by atoms with E-state index in [4.69, 9.17) is 4.74 Å². The van der Waals surface area contributed by atoms with Crippen LogP contribution < -0.4 is 4.74 Å².